The molecule has 0 saturated heterocycles. The summed E-state index contributed by atoms with van der Waals surface area (Å²) in [5.74, 6) is 0.704. The van der Waals surface area contributed by atoms with Crippen molar-refractivity contribution in [2.24, 2.45) is 0 Å². The second-order valence-corrected chi connectivity index (χ2v) is 9.53. The van der Waals surface area contributed by atoms with Crippen LogP contribution in [-0.2, 0) is 10.0 Å². The maximum atomic E-state index is 12.4. The highest BCUT2D eigenvalue weighted by atomic mass is 32.2. The van der Waals surface area contributed by atoms with Gasteiger partial charge >= 0.3 is 0 Å². The molecule has 2 aromatic heterocycles. The monoisotopic (exact) mass is 454 g/mol. The molecule has 32 heavy (non-hydrogen) atoms. The second kappa shape index (κ2) is 8.78. The number of aromatic hydroxyl groups is 1. The van der Waals surface area contributed by atoms with Crippen molar-refractivity contribution in [1.82, 2.24) is 19.6 Å². The highest BCUT2D eigenvalue weighted by Gasteiger charge is 2.19. The molecule has 0 bridgehead atoms. The van der Waals surface area contributed by atoms with Crippen LogP contribution < -0.4 is 9.46 Å². The van der Waals surface area contributed by atoms with Crippen LogP contribution in [0.5, 0.6) is 11.6 Å². The van der Waals surface area contributed by atoms with Crippen molar-refractivity contribution in [3.63, 3.8) is 0 Å². The average Bonchev–Trinajstić information content (AvgIpc) is 3.08. The number of nitrogens with zero attached hydrogens (tertiary/aromatic N) is 2. The largest absolute Gasteiger partial charge is 0.494 e. The number of rotatable bonds is 8. The molecule has 0 spiro atoms. The molecule has 0 fully saturated rings. The molecule has 0 aliphatic carbocycles. The summed E-state index contributed by atoms with van der Waals surface area (Å²) in [5, 5.41) is 12.0. The Bertz CT molecular complexity index is 1380. The fourth-order valence-electron chi connectivity index (χ4n) is 3.54. The van der Waals surface area contributed by atoms with Crippen molar-refractivity contribution < 1.29 is 18.3 Å². The molecule has 9 heteroatoms. The quantitative estimate of drug-likeness (QED) is 0.377. The molecule has 8 nitrogen and oxygen atoms in total. The number of hydrogen-bond acceptors (Lipinski definition) is 6. The Morgan fingerprint density at radius 3 is 2.69 bits per heavy atom. The van der Waals surface area contributed by atoms with E-state index in [2.05, 4.69) is 14.6 Å². The maximum Gasteiger partial charge on any atom is 0.240 e. The van der Waals surface area contributed by atoms with E-state index in [1.165, 1.54) is 6.07 Å². The number of fused-ring (bicyclic) bond motifs is 2. The van der Waals surface area contributed by atoms with Crippen molar-refractivity contribution in [2.45, 2.75) is 11.8 Å². The number of H-pyrrole nitrogens is 1. The fourth-order valence-corrected chi connectivity index (χ4v) is 4.60. The molecule has 0 atom stereocenters. The van der Waals surface area contributed by atoms with Crippen LogP contribution >= 0.6 is 0 Å². The Kier molecular flexibility index (Phi) is 6.05. The van der Waals surface area contributed by atoms with Crippen LogP contribution in [-0.4, -0.2) is 62.2 Å². The minimum Gasteiger partial charge on any atom is -0.494 e. The van der Waals surface area contributed by atoms with Gasteiger partial charge in [-0.05, 0) is 56.6 Å². The summed E-state index contributed by atoms with van der Waals surface area (Å²) in [7, 11) is 0.361. The summed E-state index contributed by atoms with van der Waals surface area (Å²) in [6, 6.07) is 14.1. The number of likely N-dealkylation sites (N-methyl/N-ethyl adjacent to an activating group) is 1. The Morgan fingerprint density at radius 2 is 1.94 bits per heavy atom. The second-order valence-electron chi connectivity index (χ2n) is 7.76. The number of benzene rings is 2. The first kappa shape index (κ1) is 22.1. The Balaban J connectivity index is 1.73. The van der Waals surface area contributed by atoms with E-state index in [1.807, 2.05) is 38.4 Å². The number of aromatic nitrogens is 2. The number of ether oxygens (including phenoxy) is 1. The van der Waals surface area contributed by atoms with Crippen molar-refractivity contribution in [3.05, 3.63) is 48.5 Å². The SMILES string of the molecule is CCNS(=O)(=O)c1ccc2[nH]c(O)c(-c3ccc4cc(OCCN(C)C)ccc4n3)c2c1. The smallest absolute Gasteiger partial charge is 0.240 e. The van der Waals surface area contributed by atoms with E-state index in [9.17, 15) is 13.5 Å². The lowest BCUT2D eigenvalue weighted by Crippen LogP contribution is -2.22. The first-order chi connectivity index (χ1) is 15.3. The zero-order chi connectivity index (χ0) is 22.9. The average molecular weight is 455 g/mol. The summed E-state index contributed by atoms with van der Waals surface area (Å²) in [6.07, 6.45) is 0. The van der Waals surface area contributed by atoms with E-state index in [-0.39, 0.29) is 10.8 Å². The van der Waals surface area contributed by atoms with Gasteiger partial charge in [-0.3, -0.25) is 0 Å². The molecule has 168 valence electrons. The van der Waals surface area contributed by atoms with Crippen LogP contribution in [0, 0.1) is 0 Å². The topological polar surface area (TPSA) is 108 Å². The van der Waals surface area contributed by atoms with E-state index in [1.54, 1.807) is 25.1 Å². The normalized spacial score (nSPS) is 12.1. The molecule has 4 rings (SSSR count). The van der Waals surface area contributed by atoms with Crippen LogP contribution in [0.4, 0.5) is 0 Å². The van der Waals surface area contributed by atoms with Gasteiger partial charge in [-0.1, -0.05) is 13.0 Å². The van der Waals surface area contributed by atoms with Gasteiger partial charge in [0.2, 0.25) is 10.0 Å². The van der Waals surface area contributed by atoms with E-state index in [4.69, 9.17) is 9.72 Å². The Labute approximate surface area is 186 Å². The number of pyridine rings is 1. The molecule has 0 unspecified atom stereocenters. The molecular weight excluding hydrogens is 428 g/mol. The van der Waals surface area contributed by atoms with E-state index >= 15 is 0 Å². The molecule has 4 aromatic rings. The Morgan fingerprint density at radius 1 is 1.12 bits per heavy atom. The Hall–Kier alpha value is -3.14. The van der Waals surface area contributed by atoms with Crippen LogP contribution in [0.25, 0.3) is 33.1 Å². The predicted molar refractivity (Wildman–Crippen MR) is 126 cm³/mol. The van der Waals surface area contributed by atoms with E-state index in [0.717, 1.165) is 23.2 Å². The molecule has 3 N–H and O–H groups in total. The van der Waals surface area contributed by atoms with Gasteiger partial charge in [-0.15, -0.1) is 0 Å². The minimum atomic E-state index is -3.63. The molecule has 0 radical (unpaired) electrons. The summed E-state index contributed by atoms with van der Waals surface area (Å²) < 4.78 is 33.2. The van der Waals surface area contributed by atoms with Gasteiger partial charge in [0, 0.05) is 29.4 Å². The first-order valence-corrected chi connectivity index (χ1v) is 11.8. The van der Waals surface area contributed by atoms with Crippen LogP contribution in [0.1, 0.15) is 6.92 Å². The third-order valence-electron chi connectivity index (χ3n) is 5.12. The molecule has 0 aliphatic rings. The van der Waals surface area contributed by atoms with Gasteiger partial charge < -0.3 is 19.7 Å². The van der Waals surface area contributed by atoms with Crippen LogP contribution in [0.3, 0.4) is 0 Å². The standard InChI is InChI=1S/C23H26N4O4S/c1-4-24-32(29,30)17-7-10-20-18(14-17)22(23(28)26-20)21-8-5-15-13-16(6-9-19(15)25-21)31-12-11-27(2)3/h5-10,13-14,24,26,28H,4,11-12H2,1-3H3. The van der Waals surface area contributed by atoms with Gasteiger partial charge in [0.25, 0.3) is 0 Å². The van der Waals surface area contributed by atoms with Crippen molar-refractivity contribution in [1.29, 1.82) is 0 Å². The molecule has 0 amide bonds. The van der Waals surface area contributed by atoms with Crippen LogP contribution in [0.2, 0.25) is 0 Å². The van der Waals surface area contributed by atoms with Gasteiger partial charge in [-0.25, -0.2) is 18.1 Å². The van der Waals surface area contributed by atoms with Crippen molar-refractivity contribution >= 4 is 31.8 Å². The lowest BCUT2D eigenvalue weighted by Gasteiger charge is -2.11. The van der Waals surface area contributed by atoms with Gasteiger partial charge in [-0.2, -0.15) is 0 Å². The van der Waals surface area contributed by atoms with Gasteiger partial charge in [0.05, 0.1) is 21.7 Å². The van der Waals surface area contributed by atoms with E-state index < -0.39 is 10.0 Å². The maximum absolute atomic E-state index is 12.4. The molecule has 0 aliphatic heterocycles. The summed E-state index contributed by atoms with van der Waals surface area (Å²) in [6.45, 7) is 3.42. The molecule has 2 aromatic carbocycles. The lowest BCUT2D eigenvalue weighted by molar-refractivity contribution is 0.261. The zero-order valence-electron chi connectivity index (χ0n) is 18.2. The zero-order valence-corrected chi connectivity index (χ0v) is 19.0. The number of nitrogens with one attached hydrogen (secondary N) is 2. The fraction of sp³-hybridized carbons (Fsp3) is 0.261. The number of sulfonamides is 1. The first-order valence-electron chi connectivity index (χ1n) is 10.3. The highest BCUT2D eigenvalue weighted by molar-refractivity contribution is 7.89. The highest BCUT2D eigenvalue weighted by Crippen LogP contribution is 2.37. The summed E-state index contributed by atoms with van der Waals surface area (Å²) in [4.78, 5) is 9.78. The third-order valence-corrected chi connectivity index (χ3v) is 6.66. The molecule has 2 heterocycles. The minimum absolute atomic E-state index is 0.0616. The predicted octanol–water partition coefficient (Wildman–Crippen LogP) is 3.33. The van der Waals surface area contributed by atoms with Crippen molar-refractivity contribution in [3.8, 4) is 22.9 Å². The summed E-state index contributed by atoms with van der Waals surface area (Å²) in [5.41, 5.74) is 2.37. The molecule has 0 saturated carbocycles. The molecular formula is C23H26N4O4S. The van der Waals surface area contributed by atoms with Crippen molar-refractivity contribution in [2.75, 3.05) is 33.8 Å². The van der Waals surface area contributed by atoms with Crippen LogP contribution in [0.15, 0.2) is 53.4 Å². The van der Waals surface area contributed by atoms with Gasteiger partial charge in [0.1, 0.15) is 12.4 Å². The third kappa shape index (κ3) is 4.40. The summed E-state index contributed by atoms with van der Waals surface area (Å²) >= 11 is 0. The lowest BCUT2D eigenvalue weighted by atomic mass is 10.1. The number of aromatic amines is 1. The van der Waals surface area contributed by atoms with Gasteiger partial charge in [0.15, 0.2) is 5.88 Å². The number of hydrogen-bond donors (Lipinski definition) is 3. The van der Waals surface area contributed by atoms with E-state index in [0.29, 0.717) is 35.3 Å².